The van der Waals surface area contributed by atoms with Gasteiger partial charge in [0.25, 0.3) is 0 Å². The summed E-state index contributed by atoms with van der Waals surface area (Å²) in [6.07, 6.45) is -4.83. The summed E-state index contributed by atoms with van der Waals surface area (Å²) in [6.45, 7) is 1.50. The zero-order chi connectivity index (χ0) is 11.6. The number of benzene rings is 1. The van der Waals surface area contributed by atoms with Gasteiger partial charge in [0.15, 0.2) is 0 Å². The molecule has 0 aliphatic rings. The fourth-order valence-corrected chi connectivity index (χ4v) is 1.30. The maximum Gasteiger partial charge on any atom is 0.416 e. The van der Waals surface area contributed by atoms with Crippen molar-refractivity contribution in [1.29, 1.82) is 0 Å². The zero-order valence-electron chi connectivity index (χ0n) is 7.93. The van der Waals surface area contributed by atoms with Crippen LogP contribution in [-0.4, -0.2) is 11.1 Å². The lowest BCUT2D eigenvalue weighted by molar-refractivity contribution is -0.138. The van der Waals surface area contributed by atoms with Crippen molar-refractivity contribution in [3.8, 4) is 0 Å². The number of carboxylic acids is 1. The predicted molar refractivity (Wildman–Crippen MR) is 47.5 cm³/mol. The van der Waals surface area contributed by atoms with E-state index in [9.17, 15) is 18.0 Å². The van der Waals surface area contributed by atoms with Crippen molar-refractivity contribution in [1.82, 2.24) is 0 Å². The second-order valence-electron chi connectivity index (χ2n) is 3.28. The van der Waals surface area contributed by atoms with E-state index < -0.39 is 24.1 Å². The minimum absolute atomic E-state index is 0.162. The maximum absolute atomic E-state index is 12.3. The molecule has 0 aliphatic carbocycles. The van der Waals surface area contributed by atoms with E-state index >= 15 is 0 Å². The van der Waals surface area contributed by atoms with Crippen LogP contribution in [0.1, 0.15) is 16.7 Å². The predicted octanol–water partition coefficient (Wildman–Crippen LogP) is 2.64. The molecule has 82 valence electrons. The number of halogens is 3. The highest BCUT2D eigenvalue weighted by Gasteiger charge is 2.30. The molecule has 0 atom stereocenters. The number of hydrogen-bond acceptors (Lipinski definition) is 1. The van der Waals surface area contributed by atoms with Gasteiger partial charge in [-0.25, -0.2) is 0 Å². The highest BCUT2D eigenvalue weighted by Crippen LogP contribution is 2.30. The molecule has 0 fully saturated rings. The minimum atomic E-state index is -4.43. The average molecular weight is 218 g/mol. The Kier molecular flexibility index (Phi) is 3.02. The summed E-state index contributed by atoms with van der Waals surface area (Å²) in [6, 6.07) is 3.29. The van der Waals surface area contributed by atoms with Crippen LogP contribution in [-0.2, 0) is 17.4 Å². The van der Waals surface area contributed by atoms with Crippen molar-refractivity contribution < 1.29 is 23.1 Å². The van der Waals surface area contributed by atoms with Gasteiger partial charge in [-0.15, -0.1) is 0 Å². The molecular formula is C10H9F3O2. The van der Waals surface area contributed by atoms with E-state index in [1.807, 2.05) is 0 Å². The summed E-state index contributed by atoms with van der Waals surface area (Å²) >= 11 is 0. The molecule has 0 bridgehead atoms. The molecule has 0 heterocycles. The van der Waals surface area contributed by atoms with Gasteiger partial charge < -0.3 is 5.11 Å². The molecule has 1 N–H and O–H groups in total. The molecular weight excluding hydrogens is 209 g/mol. The number of rotatable bonds is 2. The summed E-state index contributed by atoms with van der Waals surface area (Å²) in [5.41, 5.74) is -0.241. The first kappa shape index (κ1) is 11.6. The Labute approximate surface area is 84.3 Å². The smallest absolute Gasteiger partial charge is 0.416 e. The van der Waals surface area contributed by atoms with Gasteiger partial charge in [0.05, 0.1) is 12.0 Å². The van der Waals surface area contributed by atoms with Gasteiger partial charge >= 0.3 is 12.1 Å². The van der Waals surface area contributed by atoms with Gasteiger partial charge in [0, 0.05) is 0 Å². The largest absolute Gasteiger partial charge is 0.481 e. The van der Waals surface area contributed by atoms with Gasteiger partial charge in [-0.2, -0.15) is 13.2 Å². The summed E-state index contributed by atoms with van der Waals surface area (Å²) in [7, 11) is 0. The Bertz CT molecular complexity index is 383. The molecule has 2 nitrogen and oxygen atoms in total. The molecule has 5 heteroatoms. The monoisotopic (exact) mass is 218 g/mol. The summed E-state index contributed by atoms with van der Waals surface area (Å²) in [4.78, 5) is 10.4. The topological polar surface area (TPSA) is 37.3 Å². The highest BCUT2D eigenvalue weighted by atomic mass is 19.4. The molecule has 0 unspecified atom stereocenters. The average Bonchev–Trinajstić information content (AvgIpc) is 1.99. The lowest BCUT2D eigenvalue weighted by Gasteiger charge is -2.09. The number of aryl methyl sites for hydroxylation is 1. The van der Waals surface area contributed by atoms with Crippen molar-refractivity contribution in [2.75, 3.05) is 0 Å². The lowest BCUT2D eigenvalue weighted by Crippen LogP contribution is -2.08. The second-order valence-corrected chi connectivity index (χ2v) is 3.28. The van der Waals surface area contributed by atoms with Gasteiger partial charge in [0.1, 0.15) is 0 Å². The van der Waals surface area contributed by atoms with Crippen LogP contribution < -0.4 is 0 Å². The fraction of sp³-hybridized carbons (Fsp3) is 0.300. The maximum atomic E-state index is 12.3. The second kappa shape index (κ2) is 3.92. The highest BCUT2D eigenvalue weighted by molar-refractivity contribution is 5.70. The number of aliphatic carboxylic acids is 1. The number of carboxylic acid groups (broad SMARTS) is 1. The van der Waals surface area contributed by atoms with Crippen LogP contribution >= 0.6 is 0 Å². The first-order chi connectivity index (χ1) is 6.79. The minimum Gasteiger partial charge on any atom is -0.481 e. The Morgan fingerprint density at radius 1 is 1.33 bits per heavy atom. The Morgan fingerprint density at radius 2 is 1.93 bits per heavy atom. The van der Waals surface area contributed by atoms with E-state index in [-0.39, 0.29) is 5.56 Å². The summed E-state index contributed by atoms with van der Waals surface area (Å²) in [5, 5.41) is 8.47. The van der Waals surface area contributed by atoms with Crippen molar-refractivity contribution >= 4 is 5.97 Å². The Hall–Kier alpha value is -1.52. The summed E-state index contributed by atoms with van der Waals surface area (Å²) < 4.78 is 37.0. The normalized spacial score (nSPS) is 11.5. The molecule has 0 aliphatic heterocycles. The molecule has 15 heavy (non-hydrogen) atoms. The van der Waals surface area contributed by atoms with Crippen LogP contribution in [0.3, 0.4) is 0 Å². The number of hydrogen-bond donors (Lipinski definition) is 1. The molecule has 0 saturated carbocycles. The molecule has 0 spiro atoms. The van der Waals surface area contributed by atoms with Crippen LogP contribution in [0.25, 0.3) is 0 Å². The first-order valence-corrected chi connectivity index (χ1v) is 4.18. The van der Waals surface area contributed by atoms with E-state index in [0.29, 0.717) is 5.56 Å². The quantitative estimate of drug-likeness (QED) is 0.828. The third kappa shape index (κ3) is 3.27. The van der Waals surface area contributed by atoms with Gasteiger partial charge in [0.2, 0.25) is 0 Å². The van der Waals surface area contributed by atoms with Crippen molar-refractivity contribution in [2.45, 2.75) is 19.5 Å². The fourth-order valence-electron chi connectivity index (χ4n) is 1.30. The van der Waals surface area contributed by atoms with E-state index in [1.54, 1.807) is 0 Å². The molecule has 1 aromatic rings. The van der Waals surface area contributed by atoms with Crippen LogP contribution in [0, 0.1) is 6.92 Å². The van der Waals surface area contributed by atoms with Gasteiger partial charge in [-0.1, -0.05) is 11.6 Å². The molecule has 0 aromatic heterocycles. The van der Waals surface area contributed by atoms with Gasteiger partial charge in [-0.05, 0) is 24.6 Å². The van der Waals surface area contributed by atoms with E-state index in [4.69, 9.17) is 5.11 Å². The molecule has 1 rings (SSSR count). The standard InChI is InChI=1S/C10H9F3O2/c1-6-2-7(5-9(14)15)4-8(3-6)10(11,12)13/h2-4H,5H2,1H3,(H,14,15). The van der Waals surface area contributed by atoms with E-state index in [0.717, 1.165) is 12.1 Å². The van der Waals surface area contributed by atoms with Crippen molar-refractivity contribution in [2.24, 2.45) is 0 Å². The first-order valence-electron chi connectivity index (χ1n) is 4.18. The Morgan fingerprint density at radius 3 is 2.40 bits per heavy atom. The molecule has 1 aromatic carbocycles. The SMILES string of the molecule is Cc1cc(CC(=O)O)cc(C(F)(F)F)c1. The van der Waals surface area contributed by atoms with Crippen molar-refractivity contribution in [3.05, 3.63) is 34.9 Å². The van der Waals surface area contributed by atoms with Crippen molar-refractivity contribution in [3.63, 3.8) is 0 Å². The Balaban J connectivity index is 3.11. The molecule has 0 saturated heterocycles. The van der Waals surface area contributed by atoms with Gasteiger partial charge in [-0.3, -0.25) is 4.79 Å². The molecule has 0 amide bonds. The number of carbonyl (C=O) groups is 1. The zero-order valence-corrected chi connectivity index (χ0v) is 7.93. The van der Waals surface area contributed by atoms with Crippen LogP contribution in [0.4, 0.5) is 13.2 Å². The van der Waals surface area contributed by atoms with Crippen LogP contribution in [0.5, 0.6) is 0 Å². The van der Waals surface area contributed by atoms with Crippen LogP contribution in [0.15, 0.2) is 18.2 Å². The molecule has 0 radical (unpaired) electrons. The summed E-state index contributed by atoms with van der Waals surface area (Å²) in [5.74, 6) is -1.14. The third-order valence-electron chi connectivity index (χ3n) is 1.82. The van der Waals surface area contributed by atoms with E-state index in [1.165, 1.54) is 13.0 Å². The third-order valence-corrected chi connectivity index (χ3v) is 1.82. The number of alkyl halides is 3. The van der Waals surface area contributed by atoms with E-state index in [2.05, 4.69) is 0 Å². The van der Waals surface area contributed by atoms with Crippen LogP contribution in [0.2, 0.25) is 0 Å². The lowest BCUT2D eigenvalue weighted by atomic mass is 10.0.